The molecule has 0 radical (unpaired) electrons. The first-order chi connectivity index (χ1) is 11.8. The van der Waals surface area contributed by atoms with E-state index >= 15 is 0 Å². The SMILES string of the molecule is C=C(C(=O)OC(C)(C)C)C(OC(=O)c1ccccc1)c1ccccc1. The number of hydrogen-bond donors (Lipinski definition) is 0. The second-order valence-electron chi connectivity index (χ2n) is 6.59. The Labute approximate surface area is 148 Å². The molecule has 0 spiro atoms. The highest BCUT2D eigenvalue weighted by Gasteiger charge is 2.29. The van der Waals surface area contributed by atoms with Crippen LogP contribution >= 0.6 is 0 Å². The Balaban J connectivity index is 2.26. The van der Waals surface area contributed by atoms with Gasteiger partial charge in [0.1, 0.15) is 5.60 Å². The molecule has 0 heterocycles. The average Bonchev–Trinajstić information content (AvgIpc) is 2.59. The van der Waals surface area contributed by atoms with Gasteiger partial charge in [-0.1, -0.05) is 55.1 Å². The van der Waals surface area contributed by atoms with Crippen molar-refractivity contribution in [3.8, 4) is 0 Å². The summed E-state index contributed by atoms with van der Waals surface area (Å²) in [5.74, 6) is -1.12. The molecule has 4 heteroatoms. The summed E-state index contributed by atoms with van der Waals surface area (Å²) in [5, 5.41) is 0. The fraction of sp³-hybridized carbons (Fsp3) is 0.238. The molecule has 0 saturated heterocycles. The number of rotatable bonds is 5. The molecule has 25 heavy (non-hydrogen) atoms. The van der Waals surface area contributed by atoms with Crippen LogP contribution in [0.1, 0.15) is 42.8 Å². The van der Waals surface area contributed by atoms with Gasteiger partial charge in [0.15, 0.2) is 6.10 Å². The monoisotopic (exact) mass is 338 g/mol. The summed E-state index contributed by atoms with van der Waals surface area (Å²) in [6.45, 7) is 9.12. The Kier molecular flexibility index (Phi) is 5.75. The predicted octanol–water partition coefficient (Wildman–Crippen LogP) is 4.48. The van der Waals surface area contributed by atoms with Crippen LogP contribution in [0.3, 0.4) is 0 Å². The quantitative estimate of drug-likeness (QED) is 0.596. The van der Waals surface area contributed by atoms with Crippen molar-refractivity contribution in [1.29, 1.82) is 0 Å². The van der Waals surface area contributed by atoms with Crippen molar-refractivity contribution in [2.75, 3.05) is 0 Å². The van der Waals surface area contributed by atoms with Crippen LogP contribution in [0.15, 0.2) is 72.8 Å². The van der Waals surface area contributed by atoms with E-state index in [1.54, 1.807) is 69.3 Å². The fourth-order valence-corrected chi connectivity index (χ4v) is 2.17. The highest BCUT2D eigenvalue weighted by Crippen LogP contribution is 2.28. The fourth-order valence-electron chi connectivity index (χ4n) is 2.17. The molecule has 2 rings (SSSR count). The van der Waals surface area contributed by atoms with E-state index in [9.17, 15) is 9.59 Å². The second kappa shape index (κ2) is 7.79. The molecule has 0 N–H and O–H groups in total. The van der Waals surface area contributed by atoms with Crippen LogP contribution in [-0.4, -0.2) is 17.5 Å². The first-order valence-corrected chi connectivity index (χ1v) is 8.01. The van der Waals surface area contributed by atoms with Gasteiger partial charge in [-0.05, 0) is 38.5 Å². The molecule has 0 aliphatic carbocycles. The zero-order valence-corrected chi connectivity index (χ0v) is 14.7. The molecule has 0 aliphatic heterocycles. The third kappa shape index (κ3) is 5.31. The van der Waals surface area contributed by atoms with E-state index < -0.39 is 23.6 Å². The Morgan fingerprint density at radius 2 is 1.44 bits per heavy atom. The van der Waals surface area contributed by atoms with Gasteiger partial charge in [0.25, 0.3) is 0 Å². The number of benzene rings is 2. The van der Waals surface area contributed by atoms with Crippen LogP contribution in [0.2, 0.25) is 0 Å². The minimum absolute atomic E-state index is 0.0745. The van der Waals surface area contributed by atoms with Gasteiger partial charge in [0, 0.05) is 0 Å². The standard InChI is InChI=1S/C21H22O4/c1-15(19(22)25-21(2,3)4)18(16-11-7-5-8-12-16)24-20(23)17-13-9-6-10-14-17/h5-14,18H,1H2,2-4H3. The van der Waals surface area contributed by atoms with E-state index in [1.807, 2.05) is 12.1 Å². The van der Waals surface area contributed by atoms with Crippen molar-refractivity contribution in [3.63, 3.8) is 0 Å². The molecule has 1 atom stereocenters. The van der Waals surface area contributed by atoms with Gasteiger partial charge >= 0.3 is 11.9 Å². The molecule has 0 aromatic heterocycles. The third-order valence-electron chi connectivity index (χ3n) is 3.31. The number of carbonyl (C=O) groups excluding carboxylic acids is 2. The van der Waals surface area contributed by atoms with Crippen LogP contribution < -0.4 is 0 Å². The van der Waals surface area contributed by atoms with E-state index in [0.717, 1.165) is 0 Å². The summed E-state index contributed by atoms with van der Waals surface area (Å²) in [5.41, 5.74) is 0.471. The van der Waals surface area contributed by atoms with Crippen LogP contribution in [-0.2, 0) is 14.3 Å². The summed E-state index contributed by atoms with van der Waals surface area (Å²) in [4.78, 5) is 24.8. The van der Waals surface area contributed by atoms with Crippen LogP contribution in [0.4, 0.5) is 0 Å². The molecule has 0 amide bonds. The van der Waals surface area contributed by atoms with E-state index in [-0.39, 0.29) is 5.57 Å². The highest BCUT2D eigenvalue weighted by molar-refractivity contribution is 5.92. The van der Waals surface area contributed by atoms with Crippen molar-refractivity contribution in [1.82, 2.24) is 0 Å². The van der Waals surface area contributed by atoms with Gasteiger partial charge in [-0.2, -0.15) is 0 Å². The van der Waals surface area contributed by atoms with Crippen LogP contribution in [0.5, 0.6) is 0 Å². The van der Waals surface area contributed by atoms with Gasteiger partial charge in [-0.15, -0.1) is 0 Å². The first kappa shape index (κ1) is 18.5. The number of esters is 2. The van der Waals surface area contributed by atoms with Gasteiger partial charge in [0.2, 0.25) is 0 Å². The Bertz CT molecular complexity index is 742. The average molecular weight is 338 g/mol. The molecular weight excluding hydrogens is 316 g/mol. The van der Waals surface area contributed by atoms with Crippen molar-refractivity contribution >= 4 is 11.9 Å². The maximum absolute atomic E-state index is 12.4. The molecule has 2 aromatic rings. The van der Waals surface area contributed by atoms with Crippen molar-refractivity contribution in [2.45, 2.75) is 32.5 Å². The van der Waals surface area contributed by atoms with Crippen LogP contribution in [0.25, 0.3) is 0 Å². The molecule has 0 saturated carbocycles. The molecule has 130 valence electrons. The highest BCUT2D eigenvalue weighted by atomic mass is 16.6. The minimum atomic E-state index is -0.913. The molecular formula is C21H22O4. The molecule has 2 aromatic carbocycles. The van der Waals surface area contributed by atoms with E-state index in [2.05, 4.69) is 6.58 Å². The largest absolute Gasteiger partial charge is 0.457 e. The van der Waals surface area contributed by atoms with E-state index in [1.165, 1.54) is 0 Å². The zero-order chi connectivity index (χ0) is 18.4. The lowest BCUT2D eigenvalue weighted by Crippen LogP contribution is -2.27. The van der Waals surface area contributed by atoms with E-state index in [4.69, 9.17) is 9.47 Å². The Morgan fingerprint density at radius 1 is 0.920 bits per heavy atom. The van der Waals surface area contributed by atoms with Gasteiger partial charge in [0.05, 0.1) is 11.1 Å². The Hall–Kier alpha value is -2.88. The summed E-state index contributed by atoms with van der Waals surface area (Å²) in [6.07, 6.45) is -0.913. The van der Waals surface area contributed by atoms with Crippen LogP contribution in [0, 0.1) is 0 Å². The topological polar surface area (TPSA) is 52.6 Å². The second-order valence-corrected chi connectivity index (χ2v) is 6.59. The van der Waals surface area contributed by atoms with Crippen molar-refractivity contribution < 1.29 is 19.1 Å². The number of ether oxygens (including phenoxy) is 2. The maximum atomic E-state index is 12.4. The summed E-state index contributed by atoms with van der Waals surface area (Å²) in [7, 11) is 0. The maximum Gasteiger partial charge on any atom is 0.339 e. The molecule has 1 unspecified atom stereocenters. The normalized spacial score (nSPS) is 12.1. The zero-order valence-electron chi connectivity index (χ0n) is 14.7. The lowest BCUT2D eigenvalue weighted by Gasteiger charge is -2.24. The molecule has 0 fully saturated rings. The minimum Gasteiger partial charge on any atom is -0.457 e. The lowest BCUT2D eigenvalue weighted by atomic mass is 10.0. The predicted molar refractivity (Wildman–Crippen MR) is 96.0 cm³/mol. The molecule has 0 bridgehead atoms. The molecule has 4 nitrogen and oxygen atoms in total. The van der Waals surface area contributed by atoms with Gasteiger partial charge < -0.3 is 9.47 Å². The summed E-state index contributed by atoms with van der Waals surface area (Å²) in [6, 6.07) is 17.6. The summed E-state index contributed by atoms with van der Waals surface area (Å²) >= 11 is 0. The molecule has 0 aliphatic rings. The van der Waals surface area contributed by atoms with Crippen molar-refractivity contribution in [3.05, 3.63) is 83.9 Å². The lowest BCUT2D eigenvalue weighted by molar-refractivity contribution is -0.151. The van der Waals surface area contributed by atoms with Crippen molar-refractivity contribution in [2.24, 2.45) is 0 Å². The van der Waals surface area contributed by atoms with Gasteiger partial charge in [-0.25, -0.2) is 9.59 Å². The van der Waals surface area contributed by atoms with E-state index in [0.29, 0.717) is 11.1 Å². The number of hydrogen-bond acceptors (Lipinski definition) is 4. The number of carbonyl (C=O) groups is 2. The summed E-state index contributed by atoms with van der Waals surface area (Å²) < 4.78 is 10.9. The first-order valence-electron chi connectivity index (χ1n) is 8.01. The van der Waals surface area contributed by atoms with Gasteiger partial charge in [-0.3, -0.25) is 0 Å². The third-order valence-corrected chi connectivity index (χ3v) is 3.31. The Morgan fingerprint density at radius 3 is 1.96 bits per heavy atom. The smallest absolute Gasteiger partial charge is 0.339 e.